The number of nitrogens with one attached hydrogen (secondary N) is 1. The SMILES string of the molecule is COc1ccc(NC(=O)C2CCN(c3ccc(Cl)nn3)CC2)c(C(F)(F)F)c1. The first-order chi connectivity index (χ1) is 13.3. The van der Waals surface area contributed by atoms with Crippen molar-refractivity contribution in [2.24, 2.45) is 5.92 Å². The van der Waals surface area contributed by atoms with Crippen LogP contribution in [0.15, 0.2) is 30.3 Å². The summed E-state index contributed by atoms with van der Waals surface area (Å²) >= 11 is 5.72. The number of piperidine rings is 1. The van der Waals surface area contributed by atoms with Gasteiger partial charge in [0.1, 0.15) is 5.75 Å². The fraction of sp³-hybridized carbons (Fsp3) is 0.389. The van der Waals surface area contributed by atoms with Gasteiger partial charge < -0.3 is 15.0 Å². The molecule has 1 amide bonds. The van der Waals surface area contributed by atoms with E-state index in [9.17, 15) is 18.0 Å². The maximum absolute atomic E-state index is 13.3. The average Bonchev–Trinajstić information content (AvgIpc) is 2.68. The predicted octanol–water partition coefficient (Wildman–Crippen LogP) is 4.01. The van der Waals surface area contributed by atoms with Crippen LogP contribution in [0.3, 0.4) is 0 Å². The lowest BCUT2D eigenvalue weighted by Gasteiger charge is -2.32. The second-order valence-electron chi connectivity index (χ2n) is 6.37. The summed E-state index contributed by atoms with van der Waals surface area (Å²) in [5, 5.41) is 10.5. The minimum atomic E-state index is -4.60. The van der Waals surface area contributed by atoms with Gasteiger partial charge in [0.2, 0.25) is 5.91 Å². The highest BCUT2D eigenvalue weighted by atomic mass is 35.5. The number of rotatable bonds is 4. The molecule has 10 heteroatoms. The molecule has 1 fully saturated rings. The number of benzene rings is 1. The zero-order valence-corrected chi connectivity index (χ0v) is 15.7. The van der Waals surface area contributed by atoms with E-state index in [2.05, 4.69) is 15.5 Å². The van der Waals surface area contributed by atoms with Crippen molar-refractivity contribution >= 4 is 29.0 Å². The number of hydrogen-bond acceptors (Lipinski definition) is 5. The number of carbonyl (C=O) groups is 1. The Morgan fingerprint density at radius 1 is 1.21 bits per heavy atom. The molecule has 28 heavy (non-hydrogen) atoms. The Morgan fingerprint density at radius 2 is 1.93 bits per heavy atom. The lowest BCUT2D eigenvalue weighted by molar-refractivity contribution is -0.137. The molecule has 1 aliphatic heterocycles. The fourth-order valence-corrected chi connectivity index (χ4v) is 3.18. The number of carbonyl (C=O) groups excluding carboxylic acids is 1. The smallest absolute Gasteiger partial charge is 0.418 e. The zero-order chi connectivity index (χ0) is 20.3. The minimum absolute atomic E-state index is 0.0720. The fourth-order valence-electron chi connectivity index (χ4n) is 3.08. The minimum Gasteiger partial charge on any atom is -0.497 e. The van der Waals surface area contributed by atoms with Crippen LogP contribution in [0.25, 0.3) is 0 Å². The monoisotopic (exact) mass is 414 g/mol. The normalized spacial score (nSPS) is 15.4. The van der Waals surface area contributed by atoms with Gasteiger partial charge in [-0.2, -0.15) is 13.2 Å². The molecule has 6 nitrogen and oxygen atoms in total. The van der Waals surface area contributed by atoms with E-state index in [1.807, 2.05) is 4.90 Å². The largest absolute Gasteiger partial charge is 0.497 e. The van der Waals surface area contributed by atoms with Crippen molar-refractivity contribution < 1.29 is 22.7 Å². The lowest BCUT2D eigenvalue weighted by Crippen LogP contribution is -2.38. The van der Waals surface area contributed by atoms with E-state index in [-0.39, 0.29) is 22.5 Å². The third-order valence-electron chi connectivity index (χ3n) is 4.60. The molecular weight excluding hydrogens is 397 g/mol. The molecule has 0 radical (unpaired) electrons. The molecular formula is C18H18ClF3N4O2. The first-order valence-corrected chi connectivity index (χ1v) is 8.96. The van der Waals surface area contributed by atoms with Crippen LogP contribution in [0.2, 0.25) is 5.15 Å². The third kappa shape index (κ3) is 4.64. The lowest BCUT2D eigenvalue weighted by atomic mass is 9.95. The Balaban J connectivity index is 1.65. The van der Waals surface area contributed by atoms with Gasteiger partial charge in [0.25, 0.3) is 0 Å². The summed E-state index contributed by atoms with van der Waals surface area (Å²) in [6.07, 6.45) is -3.62. The Labute approximate surface area is 164 Å². The second kappa shape index (κ2) is 8.22. The van der Waals surface area contributed by atoms with Gasteiger partial charge in [0.15, 0.2) is 11.0 Å². The second-order valence-corrected chi connectivity index (χ2v) is 6.76. The summed E-state index contributed by atoms with van der Waals surface area (Å²) in [6, 6.07) is 6.83. The summed E-state index contributed by atoms with van der Waals surface area (Å²) in [6.45, 7) is 1.09. The van der Waals surface area contributed by atoms with Crippen molar-refractivity contribution in [1.82, 2.24) is 10.2 Å². The van der Waals surface area contributed by atoms with Crippen LogP contribution >= 0.6 is 11.6 Å². The molecule has 0 atom stereocenters. The van der Waals surface area contributed by atoms with Crippen molar-refractivity contribution in [2.75, 3.05) is 30.4 Å². The first kappa shape index (κ1) is 20.2. The Hall–Kier alpha value is -2.55. The topological polar surface area (TPSA) is 67.3 Å². The van der Waals surface area contributed by atoms with Crippen molar-refractivity contribution in [3.8, 4) is 5.75 Å². The zero-order valence-electron chi connectivity index (χ0n) is 15.0. The molecule has 1 N–H and O–H groups in total. The summed E-state index contributed by atoms with van der Waals surface area (Å²) in [7, 11) is 1.28. The highest BCUT2D eigenvalue weighted by molar-refractivity contribution is 6.29. The molecule has 150 valence electrons. The Bertz CT molecular complexity index is 838. The van der Waals surface area contributed by atoms with E-state index in [1.54, 1.807) is 12.1 Å². The third-order valence-corrected chi connectivity index (χ3v) is 4.80. The maximum Gasteiger partial charge on any atom is 0.418 e. The van der Waals surface area contributed by atoms with Gasteiger partial charge in [0.05, 0.1) is 18.4 Å². The van der Waals surface area contributed by atoms with Gasteiger partial charge in [-0.1, -0.05) is 11.6 Å². The summed E-state index contributed by atoms with van der Waals surface area (Å²) < 4.78 is 44.7. The maximum atomic E-state index is 13.3. The number of anilines is 2. The number of alkyl halides is 3. The summed E-state index contributed by atoms with van der Waals surface area (Å²) in [5.41, 5.74) is -1.21. The van der Waals surface area contributed by atoms with Gasteiger partial charge >= 0.3 is 6.18 Å². The number of methoxy groups -OCH3 is 1. The average molecular weight is 415 g/mol. The van der Waals surface area contributed by atoms with Crippen LogP contribution in [-0.4, -0.2) is 36.3 Å². The molecule has 0 spiro atoms. The number of ether oxygens (including phenoxy) is 1. The Morgan fingerprint density at radius 3 is 2.50 bits per heavy atom. The molecule has 2 heterocycles. The van der Waals surface area contributed by atoms with E-state index < -0.39 is 17.6 Å². The van der Waals surface area contributed by atoms with Gasteiger partial charge in [-0.15, -0.1) is 10.2 Å². The molecule has 1 aromatic carbocycles. The Kier molecular flexibility index (Phi) is 5.93. The number of amides is 1. The molecule has 0 unspecified atom stereocenters. The van der Waals surface area contributed by atoms with E-state index in [0.717, 1.165) is 6.07 Å². The molecule has 3 rings (SSSR count). The summed E-state index contributed by atoms with van der Waals surface area (Å²) in [4.78, 5) is 14.5. The van der Waals surface area contributed by atoms with Crippen molar-refractivity contribution in [3.05, 3.63) is 41.0 Å². The van der Waals surface area contributed by atoms with E-state index in [1.165, 1.54) is 19.2 Å². The predicted molar refractivity (Wildman–Crippen MR) is 98.6 cm³/mol. The van der Waals surface area contributed by atoms with E-state index in [0.29, 0.717) is 31.7 Å². The van der Waals surface area contributed by atoms with Gasteiger partial charge in [-0.25, -0.2) is 0 Å². The molecule has 0 aliphatic carbocycles. The molecule has 2 aromatic rings. The van der Waals surface area contributed by atoms with Crippen molar-refractivity contribution in [3.63, 3.8) is 0 Å². The molecule has 1 saturated heterocycles. The molecule has 0 bridgehead atoms. The van der Waals surface area contributed by atoms with E-state index >= 15 is 0 Å². The van der Waals surface area contributed by atoms with Crippen LogP contribution < -0.4 is 15.0 Å². The van der Waals surface area contributed by atoms with Gasteiger partial charge in [-0.3, -0.25) is 4.79 Å². The van der Waals surface area contributed by atoms with Gasteiger partial charge in [-0.05, 0) is 43.2 Å². The quantitative estimate of drug-likeness (QED) is 0.818. The van der Waals surface area contributed by atoms with Crippen LogP contribution in [0.5, 0.6) is 5.75 Å². The highest BCUT2D eigenvalue weighted by Gasteiger charge is 2.35. The standard InChI is InChI=1S/C18H18ClF3N4O2/c1-28-12-2-3-14(13(10-12)18(20,21)22)23-17(27)11-6-8-26(9-7-11)16-5-4-15(19)24-25-16/h2-5,10-11H,6-9H2,1H3,(H,23,27). The highest BCUT2D eigenvalue weighted by Crippen LogP contribution is 2.37. The summed E-state index contributed by atoms with van der Waals surface area (Å²) in [5.74, 6) is -0.0994. The molecule has 1 aromatic heterocycles. The van der Waals surface area contributed by atoms with Crippen LogP contribution in [0.4, 0.5) is 24.7 Å². The van der Waals surface area contributed by atoms with E-state index in [4.69, 9.17) is 16.3 Å². The number of hydrogen-bond donors (Lipinski definition) is 1. The van der Waals surface area contributed by atoms with Crippen LogP contribution in [-0.2, 0) is 11.0 Å². The molecule has 1 aliphatic rings. The number of aromatic nitrogens is 2. The van der Waals surface area contributed by atoms with Crippen LogP contribution in [0, 0.1) is 5.92 Å². The number of nitrogens with zero attached hydrogens (tertiary/aromatic N) is 3. The van der Waals surface area contributed by atoms with Crippen molar-refractivity contribution in [2.45, 2.75) is 19.0 Å². The first-order valence-electron chi connectivity index (χ1n) is 8.58. The molecule has 0 saturated carbocycles. The van der Waals surface area contributed by atoms with Gasteiger partial charge in [0, 0.05) is 19.0 Å². The number of halogens is 4. The van der Waals surface area contributed by atoms with Crippen molar-refractivity contribution in [1.29, 1.82) is 0 Å². The van der Waals surface area contributed by atoms with Crippen LogP contribution in [0.1, 0.15) is 18.4 Å².